The monoisotopic (exact) mass is 455 g/mol. The van der Waals surface area contributed by atoms with E-state index in [1.165, 1.54) is 10.9 Å². The molecule has 5 rings (SSSR count). The smallest absolute Gasteiger partial charge is 0.231 e. The molecule has 9 heteroatoms. The molecule has 0 bridgehead atoms. The number of hydrogen-bond acceptors (Lipinski definition) is 7. The van der Waals surface area contributed by atoms with Crippen LogP contribution in [0.3, 0.4) is 0 Å². The molecule has 2 fully saturated rings. The van der Waals surface area contributed by atoms with E-state index in [2.05, 4.69) is 11.2 Å². The number of benzene rings is 1. The summed E-state index contributed by atoms with van der Waals surface area (Å²) in [7, 11) is -2.34. The van der Waals surface area contributed by atoms with Crippen molar-refractivity contribution in [2.45, 2.75) is 61.5 Å². The molecule has 1 aromatic heterocycles. The number of nitriles is 1. The van der Waals surface area contributed by atoms with Crippen molar-refractivity contribution in [3.05, 3.63) is 40.6 Å². The highest BCUT2D eigenvalue weighted by atomic mass is 32.2. The van der Waals surface area contributed by atoms with E-state index in [9.17, 15) is 18.5 Å². The van der Waals surface area contributed by atoms with Gasteiger partial charge in [-0.1, -0.05) is 0 Å². The molecule has 1 aromatic carbocycles. The Morgan fingerprint density at radius 3 is 2.47 bits per heavy atom. The van der Waals surface area contributed by atoms with Gasteiger partial charge in [-0.25, -0.2) is 13.1 Å². The summed E-state index contributed by atoms with van der Waals surface area (Å²) in [6, 6.07) is 6.00. The summed E-state index contributed by atoms with van der Waals surface area (Å²) >= 11 is 0. The van der Waals surface area contributed by atoms with E-state index in [0.717, 1.165) is 42.4 Å². The predicted octanol–water partition coefficient (Wildman–Crippen LogP) is 2.50. The maximum Gasteiger partial charge on any atom is 0.231 e. The maximum atomic E-state index is 13.1. The zero-order chi connectivity index (χ0) is 22.5. The Morgan fingerprint density at radius 1 is 1.25 bits per heavy atom. The summed E-state index contributed by atoms with van der Waals surface area (Å²) in [6.07, 6.45) is 5.29. The Bertz CT molecular complexity index is 1190. The van der Waals surface area contributed by atoms with Crippen LogP contribution in [0.2, 0.25) is 0 Å². The highest BCUT2D eigenvalue weighted by Crippen LogP contribution is 2.48. The Morgan fingerprint density at radius 2 is 1.91 bits per heavy atom. The van der Waals surface area contributed by atoms with Gasteiger partial charge in [0.1, 0.15) is 23.4 Å². The van der Waals surface area contributed by atoms with Gasteiger partial charge in [0, 0.05) is 13.5 Å². The molecule has 0 saturated heterocycles. The highest BCUT2D eigenvalue weighted by Gasteiger charge is 2.35. The highest BCUT2D eigenvalue weighted by molar-refractivity contribution is 7.92. The average Bonchev–Trinajstić information content (AvgIpc) is 3.69. The molecule has 0 spiro atoms. The van der Waals surface area contributed by atoms with Crippen molar-refractivity contribution in [1.82, 2.24) is 9.78 Å². The van der Waals surface area contributed by atoms with Crippen molar-refractivity contribution in [3.63, 3.8) is 0 Å². The lowest BCUT2D eigenvalue weighted by Crippen LogP contribution is -2.32. The fourth-order valence-corrected chi connectivity index (χ4v) is 5.77. The number of methoxy groups -OCH3 is 1. The molecule has 2 aromatic rings. The number of carbonyl (C=O) groups is 1. The fourth-order valence-electron chi connectivity index (χ4n) is 4.45. The van der Waals surface area contributed by atoms with Crippen LogP contribution in [0.1, 0.15) is 59.8 Å². The first kappa shape index (κ1) is 21.2. The first-order valence-electron chi connectivity index (χ1n) is 10.9. The molecule has 8 nitrogen and oxygen atoms in total. The Balaban J connectivity index is 1.39. The van der Waals surface area contributed by atoms with Crippen molar-refractivity contribution < 1.29 is 22.7 Å². The van der Waals surface area contributed by atoms with Gasteiger partial charge in [0.25, 0.3) is 0 Å². The van der Waals surface area contributed by atoms with Crippen LogP contribution in [0, 0.1) is 11.3 Å². The topological polar surface area (TPSA) is 111 Å². The van der Waals surface area contributed by atoms with Gasteiger partial charge in [0.15, 0.2) is 15.6 Å². The lowest BCUT2D eigenvalue weighted by Gasteiger charge is -2.23. The standard InChI is InChI=1S/C23H25N3O5S/c1-30-18-11-26-23(31-12-18)22(10-25-26)32(28,29)13-17(27)8-21-19(15-2-3-15)6-14(9-24)7-20(21)16-4-5-16/h6-7,10,15-16,18H,2-5,8,11-13H2,1H3. The van der Waals surface area contributed by atoms with Gasteiger partial charge in [0.2, 0.25) is 5.88 Å². The molecule has 168 valence electrons. The second-order valence-corrected chi connectivity index (χ2v) is 10.9. The summed E-state index contributed by atoms with van der Waals surface area (Å²) in [6.45, 7) is 0.634. The zero-order valence-electron chi connectivity index (χ0n) is 17.9. The summed E-state index contributed by atoms with van der Waals surface area (Å²) in [4.78, 5) is 13.0. The number of ether oxygens (including phenoxy) is 2. The third-order valence-corrected chi connectivity index (χ3v) is 8.07. The second kappa shape index (κ2) is 8.01. The van der Waals surface area contributed by atoms with Crippen LogP contribution >= 0.6 is 0 Å². The number of sulfone groups is 1. The summed E-state index contributed by atoms with van der Waals surface area (Å²) in [5, 5.41) is 13.5. The maximum absolute atomic E-state index is 13.1. The van der Waals surface area contributed by atoms with Crippen molar-refractivity contribution in [1.29, 1.82) is 5.26 Å². The average molecular weight is 456 g/mol. The van der Waals surface area contributed by atoms with Crippen LogP contribution in [0.15, 0.2) is 23.2 Å². The molecule has 32 heavy (non-hydrogen) atoms. The quantitative estimate of drug-likeness (QED) is 0.601. The van der Waals surface area contributed by atoms with Crippen molar-refractivity contribution in [3.8, 4) is 11.9 Å². The lowest BCUT2D eigenvalue weighted by atomic mass is 9.89. The van der Waals surface area contributed by atoms with Gasteiger partial charge in [-0.2, -0.15) is 10.4 Å². The second-order valence-electron chi connectivity index (χ2n) is 8.93. The number of carbonyl (C=O) groups excluding carboxylic acids is 1. The van der Waals surface area contributed by atoms with E-state index in [-0.39, 0.29) is 35.7 Å². The van der Waals surface area contributed by atoms with Crippen LogP contribution in [-0.4, -0.2) is 49.6 Å². The first-order valence-corrected chi connectivity index (χ1v) is 12.6. The number of nitrogens with zero attached hydrogens (tertiary/aromatic N) is 3. The Kier molecular flexibility index (Phi) is 5.30. The molecule has 2 heterocycles. The Hall–Kier alpha value is -2.70. The first-order chi connectivity index (χ1) is 15.4. The zero-order valence-corrected chi connectivity index (χ0v) is 18.7. The number of hydrogen-bond donors (Lipinski definition) is 0. The molecule has 0 N–H and O–H groups in total. The molecular formula is C23H25N3O5S. The van der Waals surface area contributed by atoms with Gasteiger partial charge in [-0.15, -0.1) is 0 Å². The van der Waals surface area contributed by atoms with Gasteiger partial charge in [0.05, 0.1) is 24.4 Å². The van der Waals surface area contributed by atoms with Gasteiger partial charge in [-0.3, -0.25) is 4.79 Å². The summed E-state index contributed by atoms with van der Waals surface area (Å²) in [5.41, 5.74) is 3.66. The van der Waals surface area contributed by atoms with E-state index in [1.54, 1.807) is 7.11 Å². The molecule has 0 radical (unpaired) electrons. The molecule has 1 atom stereocenters. The SMILES string of the molecule is COC1COc2c(S(=O)(=O)CC(=O)Cc3c(C4CC4)cc(C#N)cc3C3CC3)cnn2C1. The minimum atomic E-state index is -3.90. The molecule has 3 aliphatic rings. The van der Waals surface area contributed by atoms with E-state index in [1.807, 2.05) is 12.1 Å². The Labute approximate surface area is 187 Å². The predicted molar refractivity (Wildman–Crippen MR) is 114 cm³/mol. The number of rotatable bonds is 8. The molecule has 1 unspecified atom stereocenters. The number of fused-ring (bicyclic) bond motifs is 1. The molecular weight excluding hydrogens is 430 g/mol. The van der Waals surface area contributed by atoms with E-state index < -0.39 is 15.6 Å². The molecule has 2 aliphatic carbocycles. The van der Waals surface area contributed by atoms with Crippen LogP contribution in [0.4, 0.5) is 0 Å². The van der Waals surface area contributed by atoms with Crippen LogP contribution < -0.4 is 4.74 Å². The summed E-state index contributed by atoms with van der Waals surface area (Å²) < 4.78 is 38.4. The van der Waals surface area contributed by atoms with Crippen molar-refractivity contribution in [2.24, 2.45) is 0 Å². The molecule has 2 saturated carbocycles. The summed E-state index contributed by atoms with van der Waals surface area (Å²) in [5.74, 6) is -0.0577. The number of ketones is 1. The van der Waals surface area contributed by atoms with Crippen molar-refractivity contribution >= 4 is 15.6 Å². The normalized spacial score (nSPS) is 20.3. The molecule has 1 aliphatic heterocycles. The van der Waals surface area contributed by atoms with Crippen LogP contribution in [-0.2, 0) is 32.3 Å². The van der Waals surface area contributed by atoms with Crippen LogP contribution in [0.5, 0.6) is 5.88 Å². The minimum absolute atomic E-state index is 0.0509. The van der Waals surface area contributed by atoms with Gasteiger partial charge >= 0.3 is 0 Å². The third kappa shape index (κ3) is 4.05. The van der Waals surface area contributed by atoms with Crippen molar-refractivity contribution in [2.75, 3.05) is 19.5 Å². The molecule has 0 amide bonds. The lowest BCUT2D eigenvalue weighted by molar-refractivity contribution is -0.116. The van der Waals surface area contributed by atoms with E-state index in [0.29, 0.717) is 23.9 Å². The number of Topliss-reactive ketones (excluding diaryl/α,β-unsaturated/α-hetero) is 1. The van der Waals surface area contributed by atoms with E-state index >= 15 is 0 Å². The number of aromatic nitrogens is 2. The largest absolute Gasteiger partial charge is 0.474 e. The van der Waals surface area contributed by atoms with Gasteiger partial charge in [-0.05, 0) is 66.3 Å². The van der Waals surface area contributed by atoms with Gasteiger partial charge < -0.3 is 9.47 Å². The van der Waals surface area contributed by atoms with Crippen LogP contribution in [0.25, 0.3) is 0 Å². The van der Waals surface area contributed by atoms with E-state index in [4.69, 9.17) is 9.47 Å². The minimum Gasteiger partial charge on any atom is -0.474 e. The third-order valence-electron chi connectivity index (χ3n) is 6.42. The fraction of sp³-hybridized carbons (Fsp3) is 0.522.